The lowest BCUT2D eigenvalue weighted by molar-refractivity contribution is -0.137. The third-order valence-corrected chi connectivity index (χ3v) is 24.0. The summed E-state index contributed by atoms with van der Waals surface area (Å²) in [5.74, 6) is 0.0274. The number of carboxylic acid groups (broad SMARTS) is 2. The van der Waals surface area contributed by atoms with E-state index in [-0.39, 0.29) is 83.4 Å². The van der Waals surface area contributed by atoms with Gasteiger partial charge in [0.25, 0.3) is 0 Å². The first-order valence-electron chi connectivity index (χ1n) is 40.7. The van der Waals surface area contributed by atoms with Gasteiger partial charge in [0.1, 0.15) is 11.6 Å². The maximum Gasteiger partial charge on any atom is 0.494 e. The summed E-state index contributed by atoms with van der Waals surface area (Å²) in [4.78, 5) is 72.4. The van der Waals surface area contributed by atoms with Gasteiger partial charge < -0.3 is 63.7 Å². The Morgan fingerprint density at radius 1 is 0.390 bits per heavy atom. The van der Waals surface area contributed by atoms with E-state index in [4.69, 9.17) is 43.9 Å². The highest BCUT2D eigenvalue weighted by Crippen LogP contribution is 2.40. The molecule has 118 heavy (non-hydrogen) atoms. The van der Waals surface area contributed by atoms with Gasteiger partial charge in [-0.2, -0.15) is 0 Å². The second-order valence-electron chi connectivity index (χ2n) is 34.0. The molecule has 5 aliphatic heterocycles. The van der Waals surface area contributed by atoms with Gasteiger partial charge >= 0.3 is 40.4 Å². The van der Waals surface area contributed by atoms with Crippen LogP contribution in [-0.4, -0.2) is 154 Å². The van der Waals surface area contributed by atoms with Crippen molar-refractivity contribution in [3.8, 4) is 0 Å². The molecular formula is C93H117B4Br2N3O16. The fraction of sp³-hybridized carbons (Fsp3) is 0.419. The number of nitrogens with zero attached hydrogens (tertiary/aromatic N) is 2. The molecular weight excluding hydrogens is 1620 g/mol. The molecule has 0 spiro atoms. The number of carbonyl (C=O) groups excluding carboxylic acids is 4. The Balaban J connectivity index is 0.000000183. The Morgan fingerprint density at radius 2 is 0.669 bits per heavy atom. The first-order valence-corrected chi connectivity index (χ1v) is 42.3. The van der Waals surface area contributed by atoms with E-state index in [1.54, 1.807) is 50.2 Å². The highest BCUT2D eigenvalue weighted by molar-refractivity contribution is 9.10. The molecule has 13 rings (SSSR count). The average Bonchev–Trinajstić information content (AvgIpc) is 1.63. The number of halogens is 2. The van der Waals surface area contributed by atoms with Gasteiger partial charge in [0, 0.05) is 54.5 Å². The predicted octanol–water partition coefficient (Wildman–Crippen LogP) is 13.7. The molecule has 0 atom stereocenters. The number of likely N-dealkylation sites (tertiary alicyclic amines) is 2. The fourth-order valence-corrected chi connectivity index (χ4v) is 15.0. The Bertz CT molecular complexity index is 4520. The van der Waals surface area contributed by atoms with Gasteiger partial charge in [-0.25, -0.2) is 0 Å². The van der Waals surface area contributed by atoms with E-state index in [1.165, 1.54) is 16.7 Å². The molecule has 0 aromatic heterocycles. The topological polar surface area (TPSA) is 271 Å². The molecule has 0 unspecified atom stereocenters. The Labute approximate surface area is 716 Å². The van der Waals surface area contributed by atoms with E-state index in [2.05, 4.69) is 115 Å². The highest BCUT2D eigenvalue weighted by atomic mass is 79.9. The van der Waals surface area contributed by atoms with Gasteiger partial charge in [-0.05, 0) is 243 Å². The smallest absolute Gasteiger partial charge is 0.481 e. The van der Waals surface area contributed by atoms with Crippen LogP contribution in [0.1, 0.15) is 197 Å². The van der Waals surface area contributed by atoms with Crippen LogP contribution in [0.25, 0.3) is 0 Å². The normalized spacial score (nSPS) is 17.3. The van der Waals surface area contributed by atoms with E-state index < -0.39 is 33.3 Å². The van der Waals surface area contributed by atoms with Crippen molar-refractivity contribution in [2.75, 3.05) is 26.2 Å². The van der Waals surface area contributed by atoms with Crippen LogP contribution in [0.4, 0.5) is 0 Å². The number of carboxylic acids is 2. The van der Waals surface area contributed by atoms with Crippen LogP contribution in [0.15, 0.2) is 203 Å². The summed E-state index contributed by atoms with van der Waals surface area (Å²) >= 11 is 6.60. The second kappa shape index (κ2) is 42.9. The number of rotatable bonds is 20. The van der Waals surface area contributed by atoms with Gasteiger partial charge in [0.15, 0.2) is 0 Å². The second-order valence-corrected chi connectivity index (χ2v) is 35.8. The van der Waals surface area contributed by atoms with Crippen molar-refractivity contribution >= 4 is 118 Å². The van der Waals surface area contributed by atoms with Gasteiger partial charge in [0.05, 0.1) is 59.3 Å². The van der Waals surface area contributed by atoms with Crippen molar-refractivity contribution in [1.29, 1.82) is 0 Å². The molecule has 5 heterocycles. The van der Waals surface area contributed by atoms with Gasteiger partial charge in [0.2, 0.25) is 11.8 Å². The molecule has 5 fully saturated rings. The summed E-state index contributed by atoms with van der Waals surface area (Å²) in [5, 5.41) is 35.8. The molecule has 5 saturated heterocycles. The molecule has 626 valence electrons. The average molecular weight is 1740 g/mol. The molecule has 2 amide bonds. The third kappa shape index (κ3) is 28.2. The van der Waals surface area contributed by atoms with E-state index in [0.29, 0.717) is 43.1 Å². The minimum atomic E-state index is -1.51. The lowest BCUT2D eigenvalue weighted by Crippen LogP contribution is -2.41. The minimum Gasteiger partial charge on any atom is -0.481 e. The molecule has 0 saturated carbocycles. The number of Topliss-reactive ketones (excluding diaryl/α,β-unsaturated/α-hetero) is 2. The molecule has 0 bridgehead atoms. The zero-order chi connectivity index (χ0) is 86.5. The lowest BCUT2D eigenvalue weighted by atomic mass is 9.78. The van der Waals surface area contributed by atoms with Crippen molar-refractivity contribution in [3.63, 3.8) is 0 Å². The van der Waals surface area contributed by atoms with Gasteiger partial charge in [-0.3, -0.25) is 28.8 Å². The van der Waals surface area contributed by atoms with Crippen LogP contribution in [0.2, 0.25) is 0 Å². The van der Waals surface area contributed by atoms with Crippen molar-refractivity contribution < 1.29 is 77.0 Å². The summed E-state index contributed by atoms with van der Waals surface area (Å²) < 4.78 is 38.2. The number of hydrogen-bond acceptors (Lipinski definition) is 15. The standard InChI is InChI=1S/C27H36BNO3.C20H25BN2O3.C15H21BO3.C14H19BO4.C9H9BrO.C8H7BrO2/c1-6-20-9-7-11-23(17-20)22-13-15-29(16-14-22)25(30)19-21-10-8-12-24(18-21)28-31-26(2,3)27(4,5)32-28;22-14-16-4-1-5-18(11-16)17-7-9-23(10-8-17)20(24)13-15-3-2-6-19(12-15)21(25)26;1-11(17)9-12-7-6-8-13(10-12)16-18-14(2,3)15(4,5)19-16;1-13(2)14(3,4)19-15(18-13)11-7-5-6-10(8-11)9-12(16)17;1-7(11)5-8-3-2-4-9(10)6-8;9-7-3-1-2-6(4-7)5-8(10)11/h7-12,17-18,22H,6,13-16,19H2,1-5H3;1-6,11-12,17,25-26H,7-10,13-14,22H2;6-8,10H,9H2,1-5H3;5-8H,9H2,1-4H3,(H,16,17);2-4,6H,5H2,1H3;1-4H,5H2,(H,10,11). The summed E-state index contributed by atoms with van der Waals surface area (Å²) in [5.41, 5.74) is 17.5. The zero-order valence-electron chi connectivity index (χ0n) is 71.2. The van der Waals surface area contributed by atoms with Crippen molar-refractivity contribution in [2.24, 2.45) is 5.73 Å². The summed E-state index contributed by atoms with van der Waals surface area (Å²) in [7, 11) is -2.72. The predicted molar refractivity (Wildman–Crippen MR) is 477 cm³/mol. The number of hydrogen-bond donors (Lipinski definition) is 5. The van der Waals surface area contributed by atoms with E-state index in [1.807, 2.05) is 174 Å². The van der Waals surface area contributed by atoms with Crippen molar-refractivity contribution in [2.45, 2.75) is 226 Å². The van der Waals surface area contributed by atoms with Crippen LogP contribution in [0, 0.1) is 0 Å². The van der Waals surface area contributed by atoms with Crippen LogP contribution in [0.3, 0.4) is 0 Å². The SMILES string of the molecule is CC(=O)Cc1cccc(B2OC(C)(C)C(C)(C)O2)c1.CC(=O)Cc1cccc(Br)c1.CC1(C)OB(c2cccc(CC(=O)O)c2)OC1(C)C.CCc1cccc(C2CCN(C(=O)Cc3cccc(B4OC(C)(C)C(C)(C)O4)c3)CC2)c1.NCc1cccc(C2CCN(C(=O)Cc3cccc(B(O)O)c3)CC2)c1.O=C(O)Cc1cccc(Br)c1. The number of piperidine rings is 2. The summed E-state index contributed by atoms with van der Waals surface area (Å²) in [6.07, 6.45) is 6.82. The Kier molecular flexibility index (Phi) is 34.6. The number of aliphatic carboxylic acids is 2. The molecule has 8 aromatic carbocycles. The first kappa shape index (κ1) is 95.3. The number of ketones is 2. The minimum absolute atomic E-state index is 0.00729. The zero-order valence-corrected chi connectivity index (χ0v) is 74.3. The lowest BCUT2D eigenvalue weighted by Gasteiger charge is -2.32. The van der Waals surface area contributed by atoms with Crippen molar-refractivity contribution in [3.05, 3.63) is 259 Å². The maximum absolute atomic E-state index is 13.0. The molecule has 5 aliphatic rings. The fourth-order valence-electron chi connectivity index (χ4n) is 14.1. The van der Waals surface area contributed by atoms with Crippen LogP contribution in [-0.2, 0) is 108 Å². The van der Waals surface area contributed by atoms with E-state index in [9.17, 15) is 38.8 Å². The monoisotopic (exact) mass is 1730 g/mol. The number of aryl methyl sites for hydroxylation is 1. The third-order valence-electron chi connectivity index (χ3n) is 23.0. The van der Waals surface area contributed by atoms with E-state index >= 15 is 0 Å². The van der Waals surface area contributed by atoms with Gasteiger partial charge in [-0.15, -0.1) is 0 Å². The number of amides is 2. The quantitative estimate of drug-likeness (QED) is 0.0444. The molecule has 8 aromatic rings. The molecule has 0 radical (unpaired) electrons. The largest absolute Gasteiger partial charge is 0.494 e. The van der Waals surface area contributed by atoms with E-state index in [0.717, 1.165) is 123 Å². The molecule has 25 heteroatoms. The van der Waals surface area contributed by atoms with Crippen molar-refractivity contribution in [1.82, 2.24) is 9.80 Å². The molecule has 6 N–H and O–H groups in total. The highest BCUT2D eigenvalue weighted by Gasteiger charge is 2.54. The molecule has 0 aliphatic carbocycles. The number of carbonyl (C=O) groups is 6. The maximum atomic E-state index is 13.0. The Morgan fingerprint density at radius 3 is 0.992 bits per heavy atom. The molecule has 19 nitrogen and oxygen atoms in total. The van der Waals surface area contributed by atoms with Crippen LogP contribution >= 0.6 is 31.9 Å². The number of benzene rings is 8. The number of nitrogens with two attached hydrogens (primary N) is 1. The summed E-state index contributed by atoms with van der Waals surface area (Å²) in [6, 6.07) is 62.6. The summed E-state index contributed by atoms with van der Waals surface area (Å²) in [6.45, 7) is 33.4. The van der Waals surface area contributed by atoms with Gasteiger partial charge in [-0.1, -0.05) is 209 Å². The van der Waals surface area contributed by atoms with Crippen LogP contribution in [0.5, 0.6) is 0 Å². The van der Waals surface area contributed by atoms with Crippen LogP contribution < -0.4 is 27.6 Å². The Hall–Kier alpha value is -8.16. The first-order chi connectivity index (χ1) is 55.5.